The van der Waals surface area contributed by atoms with Crippen LogP contribution in [0.25, 0.3) is 10.8 Å². The second kappa shape index (κ2) is 10.5. The van der Waals surface area contributed by atoms with Crippen LogP contribution in [-0.4, -0.2) is 56.2 Å². The van der Waals surface area contributed by atoms with Crippen LogP contribution in [0, 0.1) is 0 Å². The molecule has 0 N–H and O–H groups in total. The Morgan fingerprint density at radius 1 is 1.00 bits per heavy atom. The topological polar surface area (TPSA) is 42.0 Å². The summed E-state index contributed by atoms with van der Waals surface area (Å²) in [7, 11) is 5.43. The third-order valence-electron chi connectivity index (χ3n) is 7.14. The average molecular weight is 461 g/mol. The second-order valence-corrected chi connectivity index (χ2v) is 9.29. The van der Waals surface area contributed by atoms with Gasteiger partial charge in [-0.2, -0.15) is 0 Å². The van der Waals surface area contributed by atoms with E-state index in [2.05, 4.69) is 73.2 Å². The molecule has 5 nitrogen and oxygen atoms in total. The van der Waals surface area contributed by atoms with Crippen molar-refractivity contribution >= 4 is 16.7 Å². The predicted molar refractivity (Wildman–Crippen MR) is 138 cm³/mol. The highest BCUT2D eigenvalue weighted by atomic mass is 16.5. The van der Waals surface area contributed by atoms with Crippen molar-refractivity contribution in [1.29, 1.82) is 0 Å². The van der Waals surface area contributed by atoms with Gasteiger partial charge in [0, 0.05) is 13.1 Å². The van der Waals surface area contributed by atoms with Crippen LogP contribution in [0.5, 0.6) is 11.5 Å². The molecule has 1 aliphatic rings. The number of rotatable bonds is 8. The first-order valence-corrected chi connectivity index (χ1v) is 12.2. The number of ether oxygens (including phenoxy) is 2. The van der Waals surface area contributed by atoms with Gasteiger partial charge in [0.1, 0.15) is 0 Å². The fourth-order valence-electron chi connectivity index (χ4n) is 5.41. The van der Waals surface area contributed by atoms with Gasteiger partial charge in [0.25, 0.3) is 0 Å². The van der Waals surface area contributed by atoms with Crippen LogP contribution >= 0.6 is 0 Å². The minimum atomic E-state index is 0.0584. The first-order valence-electron chi connectivity index (χ1n) is 12.2. The SMILES string of the molecule is CCC(N(C)CC(C)c1cccc2ccccc12)N1CCc2cc(OC)c(OC)cc2CC1=O. The minimum Gasteiger partial charge on any atom is -0.493 e. The van der Waals surface area contributed by atoms with E-state index in [0.717, 1.165) is 36.3 Å². The zero-order chi connectivity index (χ0) is 24.2. The molecule has 0 radical (unpaired) electrons. The Bertz CT molecular complexity index is 1150. The lowest BCUT2D eigenvalue weighted by atomic mass is 9.94. The highest BCUT2D eigenvalue weighted by Crippen LogP contribution is 2.33. The molecular weight excluding hydrogens is 424 g/mol. The fraction of sp³-hybridized carbons (Fsp3) is 0.414. The highest BCUT2D eigenvalue weighted by molar-refractivity contribution is 5.86. The molecule has 3 aromatic rings. The first-order chi connectivity index (χ1) is 16.5. The molecule has 0 spiro atoms. The van der Waals surface area contributed by atoms with Gasteiger partial charge in [-0.15, -0.1) is 0 Å². The molecule has 2 unspecified atom stereocenters. The predicted octanol–water partition coefficient (Wildman–Crippen LogP) is 5.26. The largest absolute Gasteiger partial charge is 0.493 e. The lowest BCUT2D eigenvalue weighted by Gasteiger charge is -2.38. The minimum absolute atomic E-state index is 0.0584. The second-order valence-electron chi connectivity index (χ2n) is 9.29. The van der Waals surface area contributed by atoms with Gasteiger partial charge in [-0.25, -0.2) is 0 Å². The number of methoxy groups -OCH3 is 2. The number of amides is 1. The zero-order valence-electron chi connectivity index (χ0n) is 21.0. The summed E-state index contributed by atoms with van der Waals surface area (Å²) in [5, 5.41) is 2.58. The molecule has 0 saturated carbocycles. The Kier molecular flexibility index (Phi) is 7.42. The summed E-state index contributed by atoms with van der Waals surface area (Å²) in [6.07, 6.45) is 2.14. The van der Waals surface area contributed by atoms with Gasteiger partial charge in [-0.05, 0) is 65.4 Å². The molecule has 0 saturated heterocycles. The number of likely N-dealkylation sites (N-methyl/N-ethyl adjacent to an activating group) is 1. The molecule has 0 bridgehead atoms. The molecule has 5 heteroatoms. The molecule has 3 aromatic carbocycles. The maximum Gasteiger partial charge on any atom is 0.228 e. The van der Waals surface area contributed by atoms with E-state index < -0.39 is 0 Å². The molecule has 1 aliphatic heterocycles. The Morgan fingerprint density at radius 3 is 2.38 bits per heavy atom. The summed E-state index contributed by atoms with van der Waals surface area (Å²) >= 11 is 0. The molecule has 0 fully saturated rings. The van der Waals surface area contributed by atoms with E-state index in [9.17, 15) is 4.79 Å². The normalized spacial score (nSPS) is 15.7. The van der Waals surface area contributed by atoms with Gasteiger partial charge in [-0.1, -0.05) is 56.3 Å². The van der Waals surface area contributed by atoms with Crippen LogP contribution < -0.4 is 9.47 Å². The van der Waals surface area contributed by atoms with Crippen LogP contribution in [0.2, 0.25) is 0 Å². The lowest BCUT2D eigenvalue weighted by Crippen LogP contribution is -2.50. The number of hydrogen-bond acceptors (Lipinski definition) is 4. The third kappa shape index (κ3) is 4.76. The number of nitrogens with zero attached hydrogens (tertiary/aromatic N) is 2. The number of benzene rings is 3. The van der Waals surface area contributed by atoms with E-state index >= 15 is 0 Å². The van der Waals surface area contributed by atoms with Gasteiger partial charge in [0.05, 0.1) is 26.8 Å². The maximum absolute atomic E-state index is 13.4. The molecule has 4 rings (SSSR count). The summed E-state index contributed by atoms with van der Waals surface area (Å²) in [5.74, 6) is 1.91. The van der Waals surface area contributed by atoms with Crippen LogP contribution in [-0.2, 0) is 17.6 Å². The highest BCUT2D eigenvalue weighted by Gasteiger charge is 2.30. The molecule has 1 amide bonds. The molecule has 180 valence electrons. The number of carbonyl (C=O) groups is 1. The van der Waals surface area contributed by atoms with Crippen LogP contribution in [0.1, 0.15) is 42.9 Å². The van der Waals surface area contributed by atoms with Crippen molar-refractivity contribution in [3.05, 3.63) is 71.3 Å². The van der Waals surface area contributed by atoms with Crippen molar-refractivity contribution in [1.82, 2.24) is 9.80 Å². The third-order valence-corrected chi connectivity index (χ3v) is 7.14. The van der Waals surface area contributed by atoms with Crippen LogP contribution in [0.3, 0.4) is 0 Å². The summed E-state index contributed by atoms with van der Waals surface area (Å²) < 4.78 is 11.0. The smallest absolute Gasteiger partial charge is 0.228 e. The van der Waals surface area contributed by atoms with Gasteiger partial charge >= 0.3 is 0 Å². The molecular formula is C29H36N2O3. The van der Waals surface area contributed by atoms with Gasteiger partial charge in [-0.3, -0.25) is 9.69 Å². The molecule has 0 aliphatic carbocycles. The summed E-state index contributed by atoms with van der Waals surface area (Å²) in [4.78, 5) is 17.8. The Morgan fingerprint density at radius 2 is 1.68 bits per heavy atom. The molecule has 1 heterocycles. The summed E-state index contributed by atoms with van der Waals surface area (Å²) in [6.45, 7) is 6.03. The number of fused-ring (bicyclic) bond motifs is 2. The standard InChI is InChI=1S/C29H36N2O3/c1-6-28(30(3)19-20(2)24-13-9-11-21-10-7-8-12-25(21)24)31-15-14-22-16-26(33-4)27(34-5)17-23(22)18-29(31)32/h7-13,16-17,20,28H,6,14-15,18-19H2,1-5H3. The van der Waals surface area contributed by atoms with Crippen molar-refractivity contribution in [2.45, 2.75) is 45.2 Å². The van der Waals surface area contributed by atoms with Crippen molar-refractivity contribution in [3.63, 3.8) is 0 Å². The number of hydrogen-bond donors (Lipinski definition) is 0. The zero-order valence-corrected chi connectivity index (χ0v) is 21.0. The van der Waals surface area contributed by atoms with Crippen molar-refractivity contribution in [2.24, 2.45) is 0 Å². The van der Waals surface area contributed by atoms with Gasteiger partial charge in [0.2, 0.25) is 5.91 Å². The Labute approximate surface area is 203 Å². The molecule has 2 atom stereocenters. The Balaban J connectivity index is 1.52. The van der Waals surface area contributed by atoms with Crippen LogP contribution in [0.15, 0.2) is 54.6 Å². The number of carbonyl (C=O) groups excluding carboxylic acids is 1. The maximum atomic E-state index is 13.4. The van der Waals surface area contributed by atoms with E-state index in [1.165, 1.54) is 16.3 Å². The lowest BCUT2D eigenvalue weighted by molar-refractivity contribution is -0.136. The quantitative estimate of drug-likeness (QED) is 0.460. The van der Waals surface area contributed by atoms with E-state index in [4.69, 9.17) is 9.47 Å². The van der Waals surface area contributed by atoms with Crippen molar-refractivity contribution < 1.29 is 14.3 Å². The van der Waals surface area contributed by atoms with E-state index in [-0.39, 0.29) is 12.1 Å². The van der Waals surface area contributed by atoms with Crippen molar-refractivity contribution in [2.75, 3.05) is 34.4 Å². The van der Waals surface area contributed by atoms with E-state index in [0.29, 0.717) is 24.6 Å². The van der Waals surface area contributed by atoms with E-state index in [1.54, 1.807) is 14.2 Å². The first kappa shape index (κ1) is 24.1. The summed E-state index contributed by atoms with van der Waals surface area (Å²) in [6, 6.07) is 19.1. The average Bonchev–Trinajstić information content (AvgIpc) is 3.01. The van der Waals surface area contributed by atoms with E-state index in [1.807, 2.05) is 12.1 Å². The fourth-order valence-corrected chi connectivity index (χ4v) is 5.41. The monoisotopic (exact) mass is 460 g/mol. The Hall–Kier alpha value is -3.05. The van der Waals surface area contributed by atoms with Gasteiger partial charge < -0.3 is 14.4 Å². The van der Waals surface area contributed by atoms with Gasteiger partial charge in [0.15, 0.2) is 11.5 Å². The van der Waals surface area contributed by atoms with Crippen molar-refractivity contribution in [3.8, 4) is 11.5 Å². The molecule has 34 heavy (non-hydrogen) atoms. The molecule has 0 aromatic heterocycles. The van der Waals surface area contributed by atoms with Crippen LogP contribution in [0.4, 0.5) is 0 Å². The summed E-state index contributed by atoms with van der Waals surface area (Å²) in [5.41, 5.74) is 3.55.